The van der Waals surface area contributed by atoms with E-state index < -0.39 is 15.9 Å². The molecule has 0 unspecified atom stereocenters. The summed E-state index contributed by atoms with van der Waals surface area (Å²) in [5.74, 6) is -0.873. The second-order valence-electron chi connectivity index (χ2n) is 6.48. The number of benzene rings is 1. The van der Waals surface area contributed by atoms with Crippen LogP contribution in [-0.2, 0) is 26.0 Å². The van der Waals surface area contributed by atoms with Gasteiger partial charge in [0.05, 0.1) is 18.1 Å². The van der Waals surface area contributed by atoms with E-state index in [2.05, 4.69) is 10.9 Å². The molecule has 0 radical (unpaired) electrons. The Balaban J connectivity index is 1.53. The van der Waals surface area contributed by atoms with Crippen molar-refractivity contribution < 1.29 is 22.7 Å². The number of aryl methyl sites for hydroxylation is 1. The van der Waals surface area contributed by atoms with Crippen LogP contribution in [0, 0.1) is 0 Å². The summed E-state index contributed by atoms with van der Waals surface area (Å²) in [7, 11) is -3.70. The highest BCUT2D eigenvalue weighted by Gasteiger charge is 2.26. The van der Waals surface area contributed by atoms with Gasteiger partial charge in [-0.3, -0.25) is 20.4 Å². The molecule has 0 spiro atoms. The molecule has 3 rings (SSSR count). The molecule has 1 aromatic heterocycles. The van der Waals surface area contributed by atoms with E-state index in [1.807, 2.05) is 17.5 Å². The number of morpholine rings is 1. The smallest absolute Gasteiger partial charge is 0.269 e. The number of sulfonamides is 1. The van der Waals surface area contributed by atoms with Crippen molar-refractivity contribution in [2.45, 2.75) is 24.2 Å². The van der Waals surface area contributed by atoms with Gasteiger partial charge in [-0.1, -0.05) is 12.1 Å². The highest BCUT2D eigenvalue weighted by atomic mass is 32.2. The van der Waals surface area contributed by atoms with Gasteiger partial charge < -0.3 is 4.74 Å². The predicted octanol–water partition coefficient (Wildman–Crippen LogP) is 1.55. The third-order valence-electron chi connectivity index (χ3n) is 4.43. The van der Waals surface area contributed by atoms with Crippen molar-refractivity contribution in [2.24, 2.45) is 0 Å². The fourth-order valence-electron chi connectivity index (χ4n) is 2.87. The Morgan fingerprint density at radius 3 is 2.62 bits per heavy atom. The quantitative estimate of drug-likeness (QED) is 0.640. The standard InChI is InChI=1S/C19H23N3O5S2/c23-18(8-2-5-16-6-3-13-28-16)20-21-19(24)15-4-1-7-17(14-15)29(25,26)22-9-11-27-12-10-22/h1,3-4,6-7,13-14H,2,5,8-12H2,(H,20,23)(H,21,24). The first-order chi connectivity index (χ1) is 14.0. The maximum atomic E-state index is 12.7. The molecule has 8 nitrogen and oxygen atoms in total. The van der Waals surface area contributed by atoms with Crippen LogP contribution in [0.2, 0.25) is 0 Å². The van der Waals surface area contributed by atoms with Crippen molar-refractivity contribution in [3.05, 3.63) is 52.2 Å². The molecular weight excluding hydrogens is 414 g/mol. The predicted molar refractivity (Wildman–Crippen MR) is 109 cm³/mol. The third kappa shape index (κ3) is 5.86. The molecule has 0 aliphatic carbocycles. The second-order valence-corrected chi connectivity index (χ2v) is 9.45. The molecule has 10 heteroatoms. The van der Waals surface area contributed by atoms with Crippen LogP contribution in [0.4, 0.5) is 0 Å². The van der Waals surface area contributed by atoms with Crippen molar-refractivity contribution in [3.8, 4) is 0 Å². The average Bonchev–Trinajstić information content (AvgIpc) is 3.26. The lowest BCUT2D eigenvalue weighted by atomic mass is 10.2. The van der Waals surface area contributed by atoms with E-state index in [4.69, 9.17) is 4.74 Å². The SMILES string of the molecule is O=C(CCCc1cccs1)NNC(=O)c1cccc(S(=O)(=O)N2CCOCC2)c1. The lowest BCUT2D eigenvalue weighted by Gasteiger charge is -2.26. The van der Waals surface area contributed by atoms with Gasteiger partial charge in [-0.15, -0.1) is 11.3 Å². The summed E-state index contributed by atoms with van der Waals surface area (Å²) < 4.78 is 31.9. The molecule has 2 amide bonds. The van der Waals surface area contributed by atoms with Crippen LogP contribution in [0.5, 0.6) is 0 Å². The summed E-state index contributed by atoms with van der Waals surface area (Å²) in [6.07, 6.45) is 1.76. The van der Waals surface area contributed by atoms with Crippen LogP contribution < -0.4 is 10.9 Å². The number of nitrogens with one attached hydrogen (secondary N) is 2. The van der Waals surface area contributed by atoms with Crippen LogP contribution in [0.25, 0.3) is 0 Å². The van der Waals surface area contributed by atoms with Crippen molar-refractivity contribution in [1.29, 1.82) is 0 Å². The molecule has 2 aromatic rings. The Hall–Kier alpha value is -2.27. The van der Waals surface area contributed by atoms with Crippen LogP contribution in [0.15, 0.2) is 46.7 Å². The normalized spacial score (nSPS) is 15.0. The first kappa shape index (κ1) is 21.4. The molecule has 156 valence electrons. The topological polar surface area (TPSA) is 105 Å². The number of amides is 2. The molecule has 2 N–H and O–H groups in total. The molecule has 1 fully saturated rings. The maximum absolute atomic E-state index is 12.7. The number of nitrogens with zero attached hydrogens (tertiary/aromatic N) is 1. The zero-order chi connectivity index (χ0) is 20.7. The van der Waals surface area contributed by atoms with Crippen LogP contribution in [0.3, 0.4) is 0 Å². The van der Waals surface area contributed by atoms with Gasteiger partial charge in [0.1, 0.15) is 0 Å². The molecule has 1 aromatic carbocycles. The van der Waals surface area contributed by atoms with Crippen LogP contribution in [-0.4, -0.2) is 50.8 Å². The largest absolute Gasteiger partial charge is 0.379 e. The fraction of sp³-hybridized carbons (Fsp3) is 0.368. The molecule has 0 bridgehead atoms. The molecule has 1 aliphatic rings. The van der Waals surface area contributed by atoms with Crippen molar-refractivity contribution in [1.82, 2.24) is 15.2 Å². The number of hydrogen-bond acceptors (Lipinski definition) is 6. The molecular formula is C19H23N3O5S2. The monoisotopic (exact) mass is 437 g/mol. The van der Waals surface area contributed by atoms with Gasteiger partial charge >= 0.3 is 0 Å². The third-order valence-corrected chi connectivity index (χ3v) is 7.26. The number of rotatable bonds is 7. The zero-order valence-corrected chi connectivity index (χ0v) is 17.4. The highest BCUT2D eigenvalue weighted by molar-refractivity contribution is 7.89. The van der Waals surface area contributed by atoms with Crippen molar-refractivity contribution in [2.75, 3.05) is 26.3 Å². The molecule has 29 heavy (non-hydrogen) atoms. The van der Waals surface area contributed by atoms with Gasteiger partial charge in [0, 0.05) is 30.0 Å². The van der Waals surface area contributed by atoms with E-state index in [0.29, 0.717) is 19.6 Å². The number of carbonyl (C=O) groups excluding carboxylic acids is 2. The van der Waals surface area contributed by atoms with Crippen molar-refractivity contribution >= 4 is 33.2 Å². The maximum Gasteiger partial charge on any atom is 0.269 e. The first-order valence-electron chi connectivity index (χ1n) is 9.26. The minimum absolute atomic E-state index is 0.0364. The second kappa shape index (κ2) is 9.97. The lowest BCUT2D eigenvalue weighted by molar-refractivity contribution is -0.121. The number of thiophene rings is 1. The summed E-state index contributed by atoms with van der Waals surface area (Å²) in [4.78, 5) is 25.5. The average molecular weight is 438 g/mol. The molecule has 2 heterocycles. The van der Waals surface area contributed by atoms with E-state index in [0.717, 1.165) is 6.42 Å². The molecule has 1 saturated heterocycles. The Kier molecular flexibility index (Phi) is 7.37. The number of hydrazine groups is 1. The molecule has 0 saturated carbocycles. The van der Waals surface area contributed by atoms with Gasteiger partial charge in [0.15, 0.2) is 0 Å². The van der Waals surface area contributed by atoms with Gasteiger partial charge in [-0.2, -0.15) is 4.31 Å². The first-order valence-corrected chi connectivity index (χ1v) is 11.6. The Labute approximate surface area is 173 Å². The Morgan fingerprint density at radius 2 is 1.90 bits per heavy atom. The minimum Gasteiger partial charge on any atom is -0.379 e. The van der Waals surface area contributed by atoms with Crippen LogP contribution >= 0.6 is 11.3 Å². The van der Waals surface area contributed by atoms with E-state index in [1.54, 1.807) is 11.3 Å². The minimum atomic E-state index is -3.70. The summed E-state index contributed by atoms with van der Waals surface area (Å²) >= 11 is 1.64. The van der Waals surface area contributed by atoms with Gasteiger partial charge in [0.25, 0.3) is 5.91 Å². The van der Waals surface area contributed by atoms with E-state index >= 15 is 0 Å². The van der Waals surface area contributed by atoms with Crippen molar-refractivity contribution in [3.63, 3.8) is 0 Å². The van der Waals surface area contributed by atoms with Gasteiger partial charge in [-0.25, -0.2) is 8.42 Å². The fourth-order valence-corrected chi connectivity index (χ4v) is 5.08. The van der Waals surface area contributed by atoms with Gasteiger partial charge in [-0.05, 0) is 42.5 Å². The van der Waals surface area contributed by atoms with E-state index in [9.17, 15) is 18.0 Å². The van der Waals surface area contributed by atoms with Crippen LogP contribution in [0.1, 0.15) is 28.1 Å². The zero-order valence-electron chi connectivity index (χ0n) is 15.8. The van der Waals surface area contributed by atoms with E-state index in [1.165, 1.54) is 33.4 Å². The molecule has 1 aliphatic heterocycles. The van der Waals surface area contributed by atoms with Gasteiger partial charge in [0.2, 0.25) is 15.9 Å². The number of carbonyl (C=O) groups is 2. The summed E-state index contributed by atoms with van der Waals surface area (Å²) in [6, 6.07) is 9.74. The number of hydrogen-bond donors (Lipinski definition) is 2. The van der Waals surface area contributed by atoms with E-state index in [-0.39, 0.29) is 35.9 Å². The number of ether oxygens (including phenoxy) is 1. The molecule has 0 atom stereocenters. The Bertz CT molecular complexity index is 939. The summed E-state index contributed by atoms with van der Waals surface area (Å²) in [5.41, 5.74) is 4.86. The summed E-state index contributed by atoms with van der Waals surface area (Å²) in [6.45, 7) is 1.25. The Morgan fingerprint density at radius 1 is 1.10 bits per heavy atom. The lowest BCUT2D eigenvalue weighted by Crippen LogP contribution is -2.42. The summed E-state index contributed by atoms with van der Waals surface area (Å²) in [5, 5.41) is 1.99. The highest BCUT2D eigenvalue weighted by Crippen LogP contribution is 2.18.